The number of aryl methyl sites for hydroxylation is 1. The fourth-order valence-electron chi connectivity index (χ4n) is 3.14. The van der Waals surface area contributed by atoms with Crippen molar-refractivity contribution in [3.63, 3.8) is 0 Å². The number of aliphatic carboxylic acids is 1. The Labute approximate surface area is 180 Å². The number of fused-ring (bicyclic) bond motifs is 1. The van der Waals surface area contributed by atoms with Crippen LogP contribution in [0.5, 0.6) is 11.5 Å². The molecule has 0 aliphatic heterocycles. The van der Waals surface area contributed by atoms with Crippen LogP contribution in [0.3, 0.4) is 0 Å². The van der Waals surface area contributed by atoms with Crippen LogP contribution in [-0.2, 0) is 11.3 Å². The molecule has 0 spiro atoms. The van der Waals surface area contributed by atoms with E-state index in [1.807, 2.05) is 60.2 Å². The van der Waals surface area contributed by atoms with E-state index in [1.54, 1.807) is 30.5 Å². The quantitative estimate of drug-likeness (QED) is 0.327. The van der Waals surface area contributed by atoms with Crippen molar-refractivity contribution in [2.75, 3.05) is 6.61 Å². The Morgan fingerprint density at radius 3 is 2.52 bits per heavy atom. The van der Waals surface area contributed by atoms with Gasteiger partial charge in [0.15, 0.2) is 0 Å². The largest absolute Gasteiger partial charge is 0.492 e. The first-order valence-corrected chi connectivity index (χ1v) is 9.91. The van der Waals surface area contributed by atoms with E-state index in [0.29, 0.717) is 30.2 Å². The molecular formula is C25H22N2O4. The van der Waals surface area contributed by atoms with Crippen molar-refractivity contribution in [3.05, 3.63) is 96.0 Å². The van der Waals surface area contributed by atoms with Crippen LogP contribution in [0.4, 0.5) is 0 Å². The number of ether oxygens (including phenoxy) is 2. The molecule has 31 heavy (non-hydrogen) atoms. The number of hydrogen-bond donors (Lipinski definition) is 1. The second-order valence-electron chi connectivity index (χ2n) is 7.07. The van der Waals surface area contributed by atoms with Crippen molar-refractivity contribution in [3.8, 4) is 11.5 Å². The minimum atomic E-state index is -1.13. The minimum absolute atomic E-state index is 0.149. The number of carboxylic acids is 1. The summed E-state index contributed by atoms with van der Waals surface area (Å²) in [5.74, 6) is -0.0953. The summed E-state index contributed by atoms with van der Waals surface area (Å²) < 4.78 is 13.4. The molecule has 0 saturated heterocycles. The van der Waals surface area contributed by atoms with Gasteiger partial charge in [0, 0.05) is 17.8 Å². The Morgan fingerprint density at radius 2 is 1.77 bits per heavy atom. The number of carbonyl (C=O) groups is 1. The predicted molar refractivity (Wildman–Crippen MR) is 119 cm³/mol. The van der Waals surface area contributed by atoms with Crippen molar-refractivity contribution < 1.29 is 19.4 Å². The van der Waals surface area contributed by atoms with Gasteiger partial charge in [0.25, 0.3) is 0 Å². The molecule has 156 valence electrons. The molecule has 4 aromatic rings. The minimum Gasteiger partial charge on any atom is -0.492 e. The van der Waals surface area contributed by atoms with Gasteiger partial charge in [0.1, 0.15) is 23.8 Å². The highest BCUT2D eigenvalue weighted by Crippen LogP contribution is 2.19. The molecule has 0 saturated carbocycles. The highest BCUT2D eigenvalue weighted by Gasteiger charge is 2.10. The third kappa shape index (κ3) is 5.11. The topological polar surface area (TPSA) is 73.6 Å². The summed E-state index contributed by atoms with van der Waals surface area (Å²) >= 11 is 0. The van der Waals surface area contributed by atoms with Crippen LogP contribution < -0.4 is 9.47 Å². The Morgan fingerprint density at radius 1 is 1.03 bits per heavy atom. The molecule has 2 aromatic carbocycles. The van der Waals surface area contributed by atoms with Crippen molar-refractivity contribution >= 4 is 23.1 Å². The summed E-state index contributed by atoms with van der Waals surface area (Å²) in [6, 6.07) is 20.4. The molecule has 6 nitrogen and oxygen atoms in total. The molecular weight excluding hydrogens is 392 g/mol. The SMILES string of the molecule is Cc1ccc(O/C(=C\c2ccc(OCCn3ccc4cccnc43)cc2)C(=O)O)cc1. The molecule has 0 aliphatic rings. The molecule has 0 fully saturated rings. The molecule has 0 amide bonds. The van der Waals surface area contributed by atoms with Crippen molar-refractivity contribution in [2.45, 2.75) is 13.5 Å². The summed E-state index contributed by atoms with van der Waals surface area (Å²) in [4.78, 5) is 16.0. The maximum absolute atomic E-state index is 11.6. The lowest BCUT2D eigenvalue weighted by molar-refractivity contribution is -0.134. The molecule has 4 rings (SSSR count). The average Bonchev–Trinajstić information content (AvgIpc) is 3.19. The van der Waals surface area contributed by atoms with Crippen LogP contribution in [0.1, 0.15) is 11.1 Å². The van der Waals surface area contributed by atoms with E-state index in [2.05, 4.69) is 4.98 Å². The number of nitrogens with zero attached hydrogens (tertiary/aromatic N) is 2. The number of benzene rings is 2. The fraction of sp³-hybridized carbons (Fsp3) is 0.120. The van der Waals surface area contributed by atoms with Crippen LogP contribution >= 0.6 is 0 Å². The number of rotatable bonds is 8. The van der Waals surface area contributed by atoms with Gasteiger partial charge in [-0.25, -0.2) is 9.78 Å². The van der Waals surface area contributed by atoms with Crippen LogP contribution in [-0.4, -0.2) is 27.2 Å². The van der Waals surface area contributed by atoms with Gasteiger partial charge >= 0.3 is 5.97 Å². The molecule has 0 bridgehead atoms. The number of hydrogen-bond acceptors (Lipinski definition) is 4. The maximum atomic E-state index is 11.6. The molecule has 6 heteroatoms. The molecule has 2 heterocycles. The van der Waals surface area contributed by atoms with Gasteiger partial charge in [-0.3, -0.25) is 0 Å². The summed E-state index contributed by atoms with van der Waals surface area (Å²) in [5.41, 5.74) is 2.71. The first-order chi connectivity index (χ1) is 15.1. The van der Waals surface area contributed by atoms with E-state index in [0.717, 1.165) is 16.6 Å². The Balaban J connectivity index is 1.38. The monoisotopic (exact) mass is 414 g/mol. The number of pyridine rings is 1. The fourth-order valence-corrected chi connectivity index (χ4v) is 3.14. The summed E-state index contributed by atoms with van der Waals surface area (Å²) in [6.07, 6.45) is 5.26. The van der Waals surface area contributed by atoms with Crippen LogP contribution in [0.15, 0.2) is 84.9 Å². The normalized spacial score (nSPS) is 11.5. The molecule has 2 aromatic heterocycles. The van der Waals surface area contributed by atoms with Gasteiger partial charge in [-0.1, -0.05) is 29.8 Å². The summed E-state index contributed by atoms with van der Waals surface area (Å²) in [6.45, 7) is 3.13. The first-order valence-electron chi connectivity index (χ1n) is 9.91. The van der Waals surface area contributed by atoms with E-state index >= 15 is 0 Å². The standard InChI is InChI=1S/C25H22N2O4/c1-18-4-8-22(9-5-18)31-23(25(28)29)17-19-6-10-21(11-7-19)30-16-15-27-14-12-20-3-2-13-26-24(20)27/h2-14,17H,15-16H2,1H3,(H,28,29)/b23-17-. The molecule has 0 atom stereocenters. The Bertz CT molecular complexity index is 1210. The molecule has 0 radical (unpaired) electrons. The highest BCUT2D eigenvalue weighted by atomic mass is 16.5. The zero-order chi connectivity index (χ0) is 21.6. The Kier molecular flexibility index (Phi) is 5.98. The lowest BCUT2D eigenvalue weighted by atomic mass is 10.2. The lowest BCUT2D eigenvalue weighted by Crippen LogP contribution is -2.08. The highest BCUT2D eigenvalue weighted by molar-refractivity contribution is 5.90. The van der Waals surface area contributed by atoms with E-state index in [-0.39, 0.29) is 5.76 Å². The molecule has 0 unspecified atom stereocenters. The van der Waals surface area contributed by atoms with E-state index in [9.17, 15) is 9.90 Å². The lowest BCUT2D eigenvalue weighted by Gasteiger charge is -2.09. The van der Waals surface area contributed by atoms with Crippen LogP contribution in [0.2, 0.25) is 0 Å². The second-order valence-corrected chi connectivity index (χ2v) is 7.07. The predicted octanol–water partition coefficient (Wildman–Crippen LogP) is 4.93. The van der Waals surface area contributed by atoms with Gasteiger partial charge < -0.3 is 19.1 Å². The van der Waals surface area contributed by atoms with Gasteiger partial charge in [0.2, 0.25) is 5.76 Å². The third-order valence-corrected chi connectivity index (χ3v) is 4.76. The van der Waals surface area contributed by atoms with E-state index < -0.39 is 5.97 Å². The summed E-state index contributed by atoms with van der Waals surface area (Å²) in [5, 5.41) is 10.6. The van der Waals surface area contributed by atoms with E-state index in [1.165, 1.54) is 6.08 Å². The molecule has 0 aliphatic carbocycles. The van der Waals surface area contributed by atoms with Gasteiger partial charge in [-0.15, -0.1) is 0 Å². The van der Waals surface area contributed by atoms with Crippen LogP contribution in [0.25, 0.3) is 17.1 Å². The zero-order valence-corrected chi connectivity index (χ0v) is 17.1. The van der Waals surface area contributed by atoms with Crippen LogP contribution in [0, 0.1) is 6.92 Å². The van der Waals surface area contributed by atoms with Crippen molar-refractivity contribution in [2.24, 2.45) is 0 Å². The van der Waals surface area contributed by atoms with E-state index in [4.69, 9.17) is 9.47 Å². The molecule has 1 N–H and O–H groups in total. The van der Waals surface area contributed by atoms with Gasteiger partial charge in [0.05, 0.1) is 6.54 Å². The first kappa shape index (κ1) is 20.2. The van der Waals surface area contributed by atoms with Gasteiger partial charge in [-0.05, 0) is 61.0 Å². The van der Waals surface area contributed by atoms with Gasteiger partial charge in [-0.2, -0.15) is 0 Å². The smallest absolute Gasteiger partial charge is 0.371 e. The maximum Gasteiger partial charge on any atom is 0.371 e. The Hall–Kier alpha value is -4.06. The number of aromatic nitrogens is 2. The summed E-state index contributed by atoms with van der Waals surface area (Å²) in [7, 11) is 0. The number of carboxylic acid groups (broad SMARTS) is 1. The third-order valence-electron chi connectivity index (χ3n) is 4.76. The van der Waals surface area contributed by atoms with Crippen molar-refractivity contribution in [1.82, 2.24) is 9.55 Å². The second kappa shape index (κ2) is 9.17. The zero-order valence-electron chi connectivity index (χ0n) is 17.1. The van der Waals surface area contributed by atoms with Crippen molar-refractivity contribution in [1.29, 1.82) is 0 Å². The average molecular weight is 414 g/mol.